The minimum absolute atomic E-state index is 0.0401. The Balaban J connectivity index is 1.34. The van der Waals surface area contributed by atoms with Crippen molar-refractivity contribution in [1.82, 2.24) is 15.0 Å². The number of hydrogen-bond donors (Lipinski definition) is 2. The van der Waals surface area contributed by atoms with Gasteiger partial charge in [-0.15, -0.1) is 0 Å². The van der Waals surface area contributed by atoms with E-state index in [9.17, 15) is 14.3 Å². The van der Waals surface area contributed by atoms with Crippen LogP contribution in [0.5, 0.6) is 6.01 Å². The number of anilines is 1. The molecule has 1 saturated heterocycles. The number of hydrogen-bond acceptors (Lipinski definition) is 6. The molecule has 0 bridgehead atoms. The first-order valence-electron chi connectivity index (χ1n) is 12.4. The van der Waals surface area contributed by atoms with Gasteiger partial charge in [0.15, 0.2) is 11.5 Å². The van der Waals surface area contributed by atoms with Gasteiger partial charge < -0.3 is 24.5 Å². The number of carbonyl (C=O) groups is 1. The number of carboxylic acids is 1. The van der Waals surface area contributed by atoms with E-state index >= 15 is 8.78 Å². The van der Waals surface area contributed by atoms with E-state index in [2.05, 4.69) is 15.0 Å². The van der Waals surface area contributed by atoms with Crippen molar-refractivity contribution < 1.29 is 32.5 Å². The summed E-state index contributed by atoms with van der Waals surface area (Å²) < 4.78 is 56.2. The number of rotatable bonds is 6. The molecule has 0 radical (unpaired) electrons. The van der Waals surface area contributed by atoms with Crippen molar-refractivity contribution >= 4 is 22.8 Å². The summed E-state index contributed by atoms with van der Waals surface area (Å²) in [6.45, 7) is 5.41. The van der Waals surface area contributed by atoms with E-state index in [-0.39, 0.29) is 29.2 Å². The molecular weight excluding hydrogens is 489 g/mol. The van der Waals surface area contributed by atoms with Crippen molar-refractivity contribution in [3.05, 3.63) is 35.7 Å². The van der Waals surface area contributed by atoms with Crippen molar-refractivity contribution in [1.29, 1.82) is 0 Å². The Kier molecular flexibility index (Phi) is 6.74. The number of carboxylic acid groups (broad SMARTS) is 1. The second-order valence-corrected chi connectivity index (χ2v) is 10.2. The maximum absolute atomic E-state index is 15.0. The highest BCUT2D eigenvalue weighted by Crippen LogP contribution is 2.39. The standard InChI is InChI=1S/C26H29F3N4O4/c1-26(2,24(34)35)14-3-5-16(6-4-14)37-25-30-20-13-19(29)22(31-23(20)32-25)21-17(27)11-15(12-18(21)28)33-7-9-36-10-8-33/h11-14,16H,3-10H2,1-2H3,(H,34,35)(H,30,31,32). The molecule has 1 saturated carbocycles. The van der Waals surface area contributed by atoms with Gasteiger partial charge >= 0.3 is 5.97 Å². The average Bonchev–Trinajstić information content (AvgIpc) is 3.25. The summed E-state index contributed by atoms with van der Waals surface area (Å²) in [5.74, 6) is -3.50. The number of nitrogens with zero attached hydrogens (tertiary/aromatic N) is 3. The largest absolute Gasteiger partial charge is 0.481 e. The number of pyridine rings is 1. The summed E-state index contributed by atoms with van der Waals surface area (Å²) in [5, 5.41) is 9.47. The predicted molar refractivity (Wildman–Crippen MR) is 130 cm³/mol. The average molecular weight is 519 g/mol. The number of benzene rings is 1. The van der Waals surface area contributed by atoms with E-state index in [4.69, 9.17) is 9.47 Å². The fourth-order valence-electron chi connectivity index (χ4n) is 5.15. The van der Waals surface area contributed by atoms with Crippen molar-refractivity contribution in [2.24, 2.45) is 11.3 Å². The van der Waals surface area contributed by atoms with Gasteiger partial charge in [-0.25, -0.2) is 18.2 Å². The van der Waals surface area contributed by atoms with Gasteiger partial charge in [-0.05, 0) is 57.6 Å². The van der Waals surface area contributed by atoms with Crippen LogP contribution >= 0.6 is 0 Å². The number of ether oxygens (including phenoxy) is 2. The molecule has 198 valence electrons. The summed E-state index contributed by atoms with van der Waals surface area (Å²) in [6.07, 6.45) is 2.50. The van der Waals surface area contributed by atoms with Crippen molar-refractivity contribution in [2.45, 2.75) is 45.6 Å². The highest BCUT2D eigenvalue weighted by Gasteiger charge is 2.39. The Hall–Kier alpha value is -3.34. The summed E-state index contributed by atoms with van der Waals surface area (Å²) in [4.78, 5) is 24.6. The minimum atomic E-state index is -0.916. The van der Waals surface area contributed by atoms with Crippen LogP contribution in [0, 0.1) is 28.8 Å². The number of H-pyrrole nitrogens is 1. The van der Waals surface area contributed by atoms with E-state index in [0.717, 1.165) is 6.07 Å². The molecule has 3 heterocycles. The highest BCUT2D eigenvalue weighted by atomic mass is 19.1. The molecule has 1 aromatic carbocycles. The molecule has 0 atom stereocenters. The van der Waals surface area contributed by atoms with Crippen LogP contribution in [0.4, 0.5) is 18.9 Å². The molecule has 0 spiro atoms. The maximum atomic E-state index is 15.0. The number of aromatic nitrogens is 3. The van der Waals surface area contributed by atoms with Gasteiger partial charge in [-0.2, -0.15) is 4.98 Å². The van der Waals surface area contributed by atoms with Gasteiger partial charge in [0.05, 0.1) is 29.7 Å². The number of fused-ring (bicyclic) bond motifs is 1. The monoisotopic (exact) mass is 518 g/mol. The van der Waals surface area contributed by atoms with Crippen LogP contribution in [0.1, 0.15) is 39.5 Å². The Morgan fingerprint density at radius 2 is 1.70 bits per heavy atom. The normalized spacial score (nSPS) is 20.8. The lowest BCUT2D eigenvalue weighted by molar-refractivity contribution is -0.151. The molecule has 2 N–H and O–H groups in total. The second kappa shape index (κ2) is 9.85. The van der Waals surface area contributed by atoms with E-state index in [1.54, 1.807) is 18.7 Å². The third-order valence-electron chi connectivity index (χ3n) is 7.57. The maximum Gasteiger partial charge on any atom is 0.309 e. The molecule has 2 fully saturated rings. The molecule has 1 aliphatic heterocycles. The Labute approximate surface area is 211 Å². The lowest BCUT2D eigenvalue weighted by atomic mass is 9.70. The lowest BCUT2D eigenvalue weighted by Gasteiger charge is -2.36. The number of nitrogens with one attached hydrogen (secondary N) is 1. The summed E-state index contributed by atoms with van der Waals surface area (Å²) in [5.41, 5.74) is -1.16. The van der Waals surface area contributed by atoms with Gasteiger partial charge in [0.2, 0.25) is 0 Å². The third kappa shape index (κ3) is 4.96. The number of aliphatic carboxylic acids is 1. The highest BCUT2D eigenvalue weighted by molar-refractivity contribution is 5.77. The molecule has 3 aromatic rings. The molecule has 1 aliphatic carbocycles. The molecular formula is C26H29F3N4O4. The van der Waals surface area contributed by atoms with E-state index in [0.29, 0.717) is 57.7 Å². The molecule has 8 nitrogen and oxygen atoms in total. The summed E-state index contributed by atoms with van der Waals surface area (Å²) >= 11 is 0. The van der Waals surface area contributed by atoms with E-state index < -0.39 is 40.1 Å². The SMILES string of the molecule is CC(C)(C(=O)O)C1CCC(Oc2nc3nc(-c4c(F)cc(N5CCOCC5)cc4F)c(F)cc3[nH]2)CC1. The van der Waals surface area contributed by atoms with E-state index in [1.165, 1.54) is 12.1 Å². The predicted octanol–water partition coefficient (Wildman–Crippen LogP) is 4.93. The Morgan fingerprint density at radius 1 is 1.05 bits per heavy atom. The van der Waals surface area contributed by atoms with Gasteiger partial charge in [0.1, 0.15) is 23.4 Å². The fourth-order valence-corrected chi connectivity index (χ4v) is 5.15. The third-order valence-corrected chi connectivity index (χ3v) is 7.57. The smallest absolute Gasteiger partial charge is 0.309 e. The summed E-state index contributed by atoms with van der Waals surface area (Å²) in [6, 6.07) is 3.58. The zero-order chi connectivity index (χ0) is 26.3. The first-order chi connectivity index (χ1) is 17.6. The van der Waals surface area contributed by atoms with Gasteiger partial charge in [0.25, 0.3) is 6.01 Å². The minimum Gasteiger partial charge on any atom is -0.481 e. The zero-order valence-electron chi connectivity index (χ0n) is 20.7. The molecule has 0 amide bonds. The first kappa shape index (κ1) is 25.3. The van der Waals surface area contributed by atoms with Crippen LogP contribution in [-0.4, -0.2) is 58.4 Å². The van der Waals surface area contributed by atoms with Crippen molar-refractivity contribution in [2.75, 3.05) is 31.2 Å². The van der Waals surface area contributed by atoms with E-state index in [1.807, 2.05) is 0 Å². The number of imidazole rings is 1. The van der Waals surface area contributed by atoms with Crippen LogP contribution in [0.25, 0.3) is 22.4 Å². The Morgan fingerprint density at radius 3 is 2.32 bits per heavy atom. The van der Waals surface area contributed by atoms with Gasteiger partial charge in [-0.3, -0.25) is 4.79 Å². The van der Waals surface area contributed by atoms with Crippen LogP contribution < -0.4 is 9.64 Å². The Bertz CT molecular complexity index is 1290. The second-order valence-electron chi connectivity index (χ2n) is 10.2. The molecule has 11 heteroatoms. The zero-order valence-corrected chi connectivity index (χ0v) is 20.7. The fraction of sp³-hybridized carbons (Fsp3) is 0.500. The molecule has 37 heavy (non-hydrogen) atoms. The van der Waals surface area contributed by atoms with Crippen LogP contribution in [-0.2, 0) is 9.53 Å². The first-order valence-corrected chi connectivity index (χ1v) is 12.4. The summed E-state index contributed by atoms with van der Waals surface area (Å²) in [7, 11) is 0. The van der Waals surface area contributed by atoms with Crippen LogP contribution in [0.3, 0.4) is 0 Å². The quantitative estimate of drug-likeness (QED) is 0.477. The molecule has 2 aliphatic rings. The molecule has 2 aromatic heterocycles. The topological polar surface area (TPSA) is 101 Å². The van der Waals surface area contributed by atoms with Crippen LogP contribution in [0.2, 0.25) is 0 Å². The van der Waals surface area contributed by atoms with Crippen molar-refractivity contribution in [3.8, 4) is 17.3 Å². The lowest BCUT2D eigenvalue weighted by Crippen LogP contribution is -2.37. The number of halogens is 3. The number of morpholine rings is 1. The van der Waals surface area contributed by atoms with Crippen LogP contribution in [0.15, 0.2) is 18.2 Å². The van der Waals surface area contributed by atoms with Crippen molar-refractivity contribution in [3.63, 3.8) is 0 Å². The van der Waals surface area contributed by atoms with Gasteiger partial charge in [-0.1, -0.05) is 0 Å². The van der Waals surface area contributed by atoms with Gasteiger partial charge in [0, 0.05) is 24.8 Å². The molecule has 5 rings (SSSR count). The molecule has 0 unspecified atom stereocenters. The number of aromatic amines is 1.